The lowest BCUT2D eigenvalue weighted by Gasteiger charge is -2.16. The van der Waals surface area contributed by atoms with Gasteiger partial charge < -0.3 is 9.84 Å². The molecular formula is C12H18O2. The molecule has 0 fully saturated rings. The van der Waals surface area contributed by atoms with Crippen molar-refractivity contribution >= 4 is 0 Å². The third-order valence-corrected chi connectivity index (χ3v) is 1.94. The Kier molecular flexibility index (Phi) is 3.96. The first-order valence-corrected chi connectivity index (χ1v) is 4.98. The van der Waals surface area contributed by atoms with Crippen molar-refractivity contribution in [1.82, 2.24) is 0 Å². The molecule has 0 heterocycles. The van der Waals surface area contributed by atoms with Gasteiger partial charge in [0.15, 0.2) is 0 Å². The number of benzene rings is 1. The second-order valence-corrected chi connectivity index (χ2v) is 4.08. The zero-order chi connectivity index (χ0) is 10.4. The van der Waals surface area contributed by atoms with Crippen LogP contribution >= 0.6 is 0 Å². The summed E-state index contributed by atoms with van der Waals surface area (Å²) in [5, 5.41) is 9.46. The van der Waals surface area contributed by atoms with Crippen molar-refractivity contribution < 1.29 is 9.84 Å². The summed E-state index contributed by atoms with van der Waals surface area (Å²) >= 11 is 0. The van der Waals surface area contributed by atoms with E-state index >= 15 is 0 Å². The molecule has 1 aromatic rings. The molecule has 1 N–H and O–H groups in total. The molecule has 0 atom stereocenters. The van der Waals surface area contributed by atoms with Crippen molar-refractivity contribution in [2.45, 2.75) is 32.3 Å². The number of hydrogen-bond acceptors (Lipinski definition) is 2. The van der Waals surface area contributed by atoms with E-state index in [1.807, 2.05) is 44.2 Å². The Balaban J connectivity index is 2.17. The molecule has 0 aliphatic heterocycles. The van der Waals surface area contributed by atoms with Gasteiger partial charge in [-0.05, 0) is 38.8 Å². The Hall–Kier alpha value is -1.02. The fraction of sp³-hybridized carbons (Fsp3) is 0.500. The molecule has 78 valence electrons. The number of aliphatic hydroxyl groups is 1. The van der Waals surface area contributed by atoms with E-state index in [-0.39, 0.29) is 0 Å². The fourth-order valence-electron chi connectivity index (χ4n) is 1.21. The lowest BCUT2D eigenvalue weighted by Crippen LogP contribution is -2.19. The molecule has 0 aromatic heterocycles. The third kappa shape index (κ3) is 4.87. The second kappa shape index (κ2) is 5.01. The van der Waals surface area contributed by atoms with Crippen LogP contribution in [-0.4, -0.2) is 17.3 Å². The minimum atomic E-state index is -0.583. The van der Waals surface area contributed by atoms with Crippen LogP contribution in [0.5, 0.6) is 5.75 Å². The van der Waals surface area contributed by atoms with Gasteiger partial charge >= 0.3 is 0 Å². The summed E-state index contributed by atoms with van der Waals surface area (Å²) < 4.78 is 5.49. The van der Waals surface area contributed by atoms with E-state index in [1.54, 1.807) is 0 Å². The minimum absolute atomic E-state index is 0.583. The highest BCUT2D eigenvalue weighted by Crippen LogP contribution is 2.12. The zero-order valence-corrected chi connectivity index (χ0v) is 8.86. The number of rotatable bonds is 5. The Bertz CT molecular complexity index is 249. The lowest BCUT2D eigenvalue weighted by molar-refractivity contribution is 0.0641. The van der Waals surface area contributed by atoms with Gasteiger partial charge in [0.2, 0.25) is 0 Å². The molecule has 0 radical (unpaired) electrons. The van der Waals surface area contributed by atoms with Crippen molar-refractivity contribution in [3.63, 3.8) is 0 Å². The third-order valence-electron chi connectivity index (χ3n) is 1.94. The van der Waals surface area contributed by atoms with E-state index in [0.717, 1.165) is 18.6 Å². The van der Waals surface area contributed by atoms with E-state index in [4.69, 9.17) is 4.74 Å². The van der Waals surface area contributed by atoms with Crippen molar-refractivity contribution in [2.75, 3.05) is 6.61 Å². The zero-order valence-electron chi connectivity index (χ0n) is 8.86. The van der Waals surface area contributed by atoms with Gasteiger partial charge in [-0.3, -0.25) is 0 Å². The molecule has 1 rings (SSSR count). The van der Waals surface area contributed by atoms with Crippen LogP contribution < -0.4 is 4.74 Å². The Morgan fingerprint density at radius 3 is 2.43 bits per heavy atom. The van der Waals surface area contributed by atoms with E-state index in [0.29, 0.717) is 6.61 Å². The maximum Gasteiger partial charge on any atom is 0.119 e. The van der Waals surface area contributed by atoms with Crippen LogP contribution in [0.4, 0.5) is 0 Å². The van der Waals surface area contributed by atoms with Gasteiger partial charge in [-0.2, -0.15) is 0 Å². The molecular weight excluding hydrogens is 176 g/mol. The van der Waals surface area contributed by atoms with Crippen LogP contribution in [0, 0.1) is 0 Å². The van der Waals surface area contributed by atoms with Gasteiger partial charge in [-0.15, -0.1) is 0 Å². The molecule has 0 aliphatic carbocycles. The van der Waals surface area contributed by atoms with Crippen LogP contribution in [0.25, 0.3) is 0 Å². The Morgan fingerprint density at radius 2 is 1.86 bits per heavy atom. The van der Waals surface area contributed by atoms with Crippen LogP contribution in [0.3, 0.4) is 0 Å². The lowest BCUT2D eigenvalue weighted by atomic mass is 10.0. The van der Waals surface area contributed by atoms with Gasteiger partial charge in [0.05, 0.1) is 12.2 Å². The van der Waals surface area contributed by atoms with Crippen LogP contribution in [-0.2, 0) is 0 Å². The first-order chi connectivity index (χ1) is 6.58. The van der Waals surface area contributed by atoms with Crippen molar-refractivity contribution in [2.24, 2.45) is 0 Å². The van der Waals surface area contributed by atoms with Crippen molar-refractivity contribution in [3.8, 4) is 5.75 Å². The van der Waals surface area contributed by atoms with Crippen LogP contribution in [0.1, 0.15) is 26.7 Å². The summed E-state index contributed by atoms with van der Waals surface area (Å²) in [6.45, 7) is 4.29. The first-order valence-electron chi connectivity index (χ1n) is 4.98. The van der Waals surface area contributed by atoms with E-state index < -0.39 is 5.60 Å². The summed E-state index contributed by atoms with van der Waals surface area (Å²) in [5.74, 6) is 0.892. The standard InChI is InChI=1S/C12H18O2/c1-12(2,13)9-6-10-14-11-7-4-3-5-8-11/h3-5,7-8,13H,6,9-10H2,1-2H3. The SMILES string of the molecule is CC(C)(O)CCCOc1ccccc1. The fourth-order valence-corrected chi connectivity index (χ4v) is 1.21. The Labute approximate surface area is 85.5 Å². The first kappa shape index (κ1) is 11.1. The molecule has 0 bridgehead atoms. The quantitative estimate of drug-likeness (QED) is 0.730. The van der Waals surface area contributed by atoms with Gasteiger partial charge in [-0.1, -0.05) is 18.2 Å². The van der Waals surface area contributed by atoms with Gasteiger partial charge in [0.25, 0.3) is 0 Å². The number of hydrogen-bond donors (Lipinski definition) is 1. The molecule has 0 spiro atoms. The predicted molar refractivity (Wildman–Crippen MR) is 57.5 cm³/mol. The summed E-state index contributed by atoms with van der Waals surface area (Å²) in [5.41, 5.74) is -0.583. The Morgan fingerprint density at radius 1 is 1.21 bits per heavy atom. The predicted octanol–water partition coefficient (Wildman–Crippen LogP) is 2.62. The molecule has 0 saturated heterocycles. The average molecular weight is 194 g/mol. The summed E-state index contributed by atoms with van der Waals surface area (Å²) in [4.78, 5) is 0. The van der Waals surface area contributed by atoms with Gasteiger partial charge in [-0.25, -0.2) is 0 Å². The molecule has 0 amide bonds. The van der Waals surface area contributed by atoms with Crippen molar-refractivity contribution in [3.05, 3.63) is 30.3 Å². The average Bonchev–Trinajstić information content (AvgIpc) is 2.13. The number of ether oxygens (including phenoxy) is 1. The summed E-state index contributed by atoms with van der Waals surface area (Å²) in [7, 11) is 0. The highest BCUT2D eigenvalue weighted by Gasteiger charge is 2.11. The highest BCUT2D eigenvalue weighted by atomic mass is 16.5. The normalized spacial score (nSPS) is 11.4. The molecule has 1 aromatic carbocycles. The van der Waals surface area contributed by atoms with E-state index in [9.17, 15) is 5.11 Å². The van der Waals surface area contributed by atoms with Crippen molar-refractivity contribution in [1.29, 1.82) is 0 Å². The van der Waals surface area contributed by atoms with E-state index in [2.05, 4.69) is 0 Å². The summed E-state index contributed by atoms with van der Waals surface area (Å²) in [6, 6.07) is 9.73. The van der Waals surface area contributed by atoms with E-state index in [1.165, 1.54) is 0 Å². The summed E-state index contributed by atoms with van der Waals surface area (Å²) in [6.07, 6.45) is 1.64. The highest BCUT2D eigenvalue weighted by molar-refractivity contribution is 5.20. The minimum Gasteiger partial charge on any atom is -0.494 e. The largest absolute Gasteiger partial charge is 0.494 e. The number of para-hydroxylation sites is 1. The molecule has 2 nitrogen and oxygen atoms in total. The maximum absolute atomic E-state index is 9.46. The monoisotopic (exact) mass is 194 g/mol. The molecule has 0 aliphatic rings. The van der Waals surface area contributed by atoms with Gasteiger partial charge in [0, 0.05) is 0 Å². The molecule has 2 heteroatoms. The molecule has 0 unspecified atom stereocenters. The maximum atomic E-state index is 9.46. The topological polar surface area (TPSA) is 29.5 Å². The van der Waals surface area contributed by atoms with Gasteiger partial charge in [0.1, 0.15) is 5.75 Å². The van der Waals surface area contributed by atoms with Crippen LogP contribution in [0.15, 0.2) is 30.3 Å². The van der Waals surface area contributed by atoms with Crippen LogP contribution in [0.2, 0.25) is 0 Å². The smallest absolute Gasteiger partial charge is 0.119 e. The second-order valence-electron chi connectivity index (χ2n) is 4.08. The molecule has 0 saturated carbocycles. The molecule has 14 heavy (non-hydrogen) atoms.